The number of nitrogens with one attached hydrogen (secondary N) is 2. The first kappa shape index (κ1) is 20.2. The van der Waals surface area contributed by atoms with Gasteiger partial charge in [0.25, 0.3) is 0 Å². The van der Waals surface area contributed by atoms with E-state index in [-0.39, 0.29) is 11.8 Å². The zero-order chi connectivity index (χ0) is 17.7. The summed E-state index contributed by atoms with van der Waals surface area (Å²) in [6.45, 7) is 12.1. The quantitative estimate of drug-likeness (QED) is 0.692. The number of hydrogen-bond donors (Lipinski definition) is 3. The summed E-state index contributed by atoms with van der Waals surface area (Å²) in [5, 5.41) is 14.1. The Labute approximate surface area is 131 Å². The number of amides is 2. The molecule has 0 aromatic heterocycles. The van der Waals surface area contributed by atoms with E-state index in [1.165, 1.54) is 0 Å². The van der Waals surface area contributed by atoms with Crippen LogP contribution in [0.25, 0.3) is 0 Å². The van der Waals surface area contributed by atoms with E-state index in [0.717, 1.165) is 0 Å². The fourth-order valence-corrected chi connectivity index (χ4v) is 1.73. The van der Waals surface area contributed by atoms with E-state index in [0.29, 0.717) is 0 Å². The maximum absolute atomic E-state index is 12.3. The molecule has 2 atom stereocenters. The number of aliphatic carboxylic acids is 1. The monoisotopic (exact) mass is 316 g/mol. The van der Waals surface area contributed by atoms with Gasteiger partial charge in [-0.1, -0.05) is 27.7 Å². The summed E-state index contributed by atoms with van der Waals surface area (Å²) in [6, 6.07) is -1.87. The Morgan fingerprint density at radius 3 is 1.68 bits per heavy atom. The molecule has 0 radical (unpaired) electrons. The normalized spacial score (nSPS) is 14.4. The first-order chi connectivity index (χ1) is 9.85. The van der Waals surface area contributed by atoms with E-state index in [1.54, 1.807) is 48.5 Å². The second kappa shape index (κ2) is 8.00. The van der Waals surface area contributed by atoms with Gasteiger partial charge in [0.05, 0.1) is 0 Å². The smallest absolute Gasteiger partial charge is 0.408 e. The zero-order valence-electron chi connectivity index (χ0n) is 14.4. The number of carbonyl (C=O) groups is 3. The fraction of sp³-hybridized carbons (Fsp3) is 0.800. The number of carboxylic acids is 1. The van der Waals surface area contributed by atoms with Crippen molar-refractivity contribution in [2.75, 3.05) is 0 Å². The second-order valence-electron chi connectivity index (χ2n) is 6.94. The van der Waals surface area contributed by atoms with Crippen LogP contribution in [0.15, 0.2) is 0 Å². The van der Waals surface area contributed by atoms with Crippen molar-refractivity contribution in [3.8, 4) is 0 Å². The van der Waals surface area contributed by atoms with Crippen molar-refractivity contribution in [1.29, 1.82) is 0 Å². The average molecular weight is 316 g/mol. The van der Waals surface area contributed by atoms with Crippen molar-refractivity contribution in [3.63, 3.8) is 0 Å². The molecule has 0 aromatic carbocycles. The third kappa shape index (κ3) is 7.28. The van der Waals surface area contributed by atoms with Gasteiger partial charge in [0, 0.05) is 0 Å². The Morgan fingerprint density at radius 1 is 0.909 bits per heavy atom. The minimum absolute atomic E-state index is 0.214. The number of hydrogen-bond acceptors (Lipinski definition) is 4. The van der Waals surface area contributed by atoms with Crippen LogP contribution in [0.3, 0.4) is 0 Å². The molecule has 128 valence electrons. The van der Waals surface area contributed by atoms with E-state index in [1.807, 2.05) is 0 Å². The number of carboxylic acid groups (broad SMARTS) is 1. The van der Waals surface area contributed by atoms with Gasteiger partial charge in [-0.05, 0) is 32.6 Å². The second-order valence-corrected chi connectivity index (χ2v) is 6.94. The van der Waals surface area contributed by atoms with Gasteiger partial charge in [-0.3, -0.25) is 4.79 Å². The van der Waals surface area contributed by atoms with Crippen LogP contribution in [-0.2, 0) is 14.3 Å². The zero-order valence-corrected chi connectivity index (χ0v) is 14.4. The largest absolute Gasteiger partial charge is 0.480 e. The molecule has 7 nitrogen and oxygen atoms in total. The standard InChI is InChI=1S/C15H28N2O5/c1-8(2)10(17-14(21)22-15(5,6)7)12(18)16-11(9(3)4)13(19)20/h8-11H,1-7H3,(H,16,18)(H,17,21)(H,19,20)/t10-,11+/m0/s1. The number of ether oxygens (including phenoxy) is 1. The third-order valence-corrected chi connectivity index (χ3v) is 2.85. The molecule has 0 bridgehead atoms. The molecule has 0 unspecified atom stereocenters. The first-order valence-corrected chi connectivity index (χ1v) is 7.37. The Kier molecular flexibility index (Phi) is 7.35. The van der Waals surface area contributed by atoms with Gasteiger partial charge in [0.15, 0.2) is 0 Å². The summed E-state index contributed by atoms with van der Waals surface area (Å²) in [5.74, 6) is -2.13. The minimum Gasteiger partial charge on any atom is -0.480 e. The molecular formula is C15H28N2O5. The molecule has 22 heavy (non-hydrogen) atoms. The van der Waals surface area contributed by atoms with Gasteiger partial charge < -0.3 is 20.5 Å². The van der Waals surface area contributed by atoms with E-state index in [9.17, 15) is 14.4 Å². The van der Waals surface area contributed by atoms with Crippen molar-refractivity contribution in [3.05, 3.63) is 0 Å². The van der Waals surface area contributed by atoms with Gasteiger partial charge in [-0.25, -0.2) is 9.59 Å². The molecule has 0 fully saturated rings. The predicted octanol–water partition coefficient (Wildman–Crippen LogP) is 1.76. The van der Waals surface area contributed by atoms with Gasteiger partial charge in [0.1, 0.15) is 17.7 Å². The lowest BCUT2D eigenvalue weighted by Gasteiger charge is -2.27. The lowest BCUT2D eigenvalue weighted by molar-refractivity contribution is -0.143. The molecule has 2 amide bonds. The molecule has 0 aromatic rings. The van der Waals surface area contributed by atoms with E-state index in [4.69, 9.17) is 9.84 Å². The van der Waals surface area contributed by atoms with Crippen molar-refractivity contribution < 1.29 is 24.2 Å². The summed E-state index contributed by atoms with van der Waals surface area (Å²) in [5.41, 5.74) is -0.677. The van der Waals surface area contributed by atoms with Gasteiger partial charge in [-0.2, -0.15) is 0 Å². The van der Waals surface area contributed by atoms with Crippen LogP contribution in [0.4, 0.5) is 4.79 Å². The van der Waals surface area contributed by atoms with Crippen molar-refractivity contribution in [1.82, 2.24) is 10.6 Å². The molecule has 0 spiro atoms. The molecule has 0 aliphatic rings. The highest BCUT2D eigenvalue weighted by Gasteiger charge is 2.31. The van der Waals surface area contributed by atoms with E-state index < -0.39 is 35.7 Å². The Morgan fingerprint density at radius 2 is 1.36 bits per heavy atom. The van der Waals surface area contributed by atoms with Gasteiger partial charge in [-0.15, -0.1) is 0 Å². The maximum atomic E-state index is 12.3. The highest BCUT2D eigenvalue weighted by Crippen LogP contribution is 2.10. The summed E-state index contributed by atoms with van der Waals surface area (Å²) < 4.78 is 5.12. The average Bonchev–Trinajstić information content (AvgIpc) is 2.29. The molecule has 0 aliphatic carbocycles. The van der Waals surface area contributed by atoms with Crippen LogP contribution >= 0.6 is 0 Å². The Bertz CT molecular complexity index is 413. The summed E-state index contributed by atoms with van der Waals surface area (Å²) in [6.07, 6.45) is -0.710. The van der Waals surface area contributed by atoms with Crippen LogP contribution in [-0.4, -0.2) is 40.8 Å². The topological polar surface area (TPSA) is 105 Å². The number of alkyl carbamates (subject to hydrolysis) is 1. The van der Waals surface area contributed by atoms with Crippen LogP contribution < -0.4 is 10.6 Å². The molecule has 0 saturated carbocycles. The van der Waals surface area contributed by atoms with Crippen LogP contribution in [0, 0.1) is 11.8 Å². The number of rotatable bonds is 6. The predicted molar refractivity (Wildman–Crippen MR) is 82.4 cm³/mol. The van der Waals surface area contributed by atoms with Gasteiger partial charge in [0.2, 0.25) is 5.91 Å². The summed E-state index contributed by atoms with van der Waals surface area (Å²) >= 11 is 0. The lowest BCUT2D eigenvalue weighted by Crippen LogP contribution is -2.55. The maximum Gasteiger partial charge on any atom is 0.408 e. The van der Waals surface area contributed by atoms with Crippen LogP contribution in [0.1, 0.15) is 48.5 Å². The highest BCUT2D eigenvalue weighted by atomic mass is 16.6. The first-order valence-electron chi connectivity index (χ1n) is 7.37. The third-order valence-electron chi connectivity index (χ3n) is 2.85. The molecule has 7 heteroatoms. The highest BCUT2D eigenvalue weighted by molar-refractivity contribution is 5.89. The molecule has 0 saturated heterocycles. The summed E-state index contributed by atoms with van der Waals surface area (Å²) in [4.78, 5) is 35.2. The lowest BCUT2D eigenvalue weighted by atomic mass is 10.0. The van der Waals surface area contributed by atoms with Crippen molar-refractivity contribution in [2.45, 2.75) is 66.2 Å². The molecule has 0 rings (SSSR count). The molecule has 0 aliphatic heterocycles. The number of carbonyl (C=O) groups excluding carboxylic acids is 2. The molecular weight excluding hydrogens is 288 g/mol. The SMILES string of the molecule is CC(C)[C@H](NC(=O)OC(C)(C)C)C(=O)N[C@@H](C(=O)O)C(C)C. The Hall–Kier alpha value is -1.79. The van der Waals surface area contributed by atoms with Crippen LogP contribution in [0.2, 0.25) is 0 Å². The fourth-order valence-electron chi connectivity index (χ4n) is 1.73. The van der Waals surface area contributed by atoms with Crippen LogP contribution in [0.5, 0.6) is 0 Å². The Balaban J connectivity index is 4.92. The molecule has 3 N–H and O–H groups in total. The van der Waals surface area contributed by atoms with Crippen molar-refractivity contribution >= 4 is 18.0 Å². The molecule has 0 heterocycles. The van der Waals surface area contributed by atoms with E-state index >= 15 is 0 Å². The minimum atomic E-state index is -1.11. The van der Waals surface area contributed by atoms with Crippen molar-refractivity contribution in [2.24, 2.45) is 11.8 Å². The summed E-state index contributed by atoms with van der Waals surface area (Å²) in [7, 11) is 0. The van der Waals surface area contributed by atoms with E-state index in [2.05, 4.69) is 10.6 Å². The van der Waals surface area contributed by atoms with Gasteiger partial charge >= 0.3 is 12.1 Å².